The van der Waals surface area contributed by atoms with Gasteiger partial charge >= 0.3 is 0 Å². The van der Waals surface area contributed by atoms with Crippen molar-refractivity contribution < 1.29 is 14.3 Å². The molecule has 2 amide bonds. The monoisotopic (exact) mass is 364 g/mol. The van der Waals surface area contributed by atoms with E-state index in [-0.39, 0.29) is 11.8 Å². The molecule has 0 atom stereocenters. The number of rotatable bonds is 6. The maximum atomic E-state index is 13.1. The van der Waals surface area contributed by atoms with E-state index in [1.54, 1.807) is 0 Å². The lowest BCUT2D eigenvalue weighted by molar-refractivity contribution is -0.116. The fourth-order valence-electron chi connectivity index (χ4n) is 3.27. The van der Waals surface area contributed by atoms with E-state index in [2.05, 4.69) is 18.0 Å². The van der Waals surface area contributed by atoms with Gasteiger partial charge in [0.15, 0.2) is 0 Å². The highest BCUT2D eigenvalue weighted by Gasteiger charge is 2.23. The van der Waals surface area contributed by atoms with Crippen LogP contribution in [0.3, 0.4) is 0 Å². The van der Waals surface area contributed by atoms with Crippen molar-refractivity contribution in [1.29, 1.82) is 0 Å². The second-order valence-electron chi connectivity index (χ2n) is 6.42. The number of nitrogens with one attached hydrogen (secondary N) is 1. The molecule has 0 saturated carbocycles. The van der Waals surface area contributed by atoms with Gasteiger partial charge in [-0.05, 0) is 54.3 Å². The van der Waals surface area contributed by atoms with E-state index in [0.29, 0.717) is 31.8 Å². The van der Waals surface area contributed by atoms with Crippen molar-refractivity contribution in [3.63, 3.8) is 0 Å². The van der Waals surface area contributed by atoms with Gasteiger partial charge in [-0.2, -0.15) is 0 Å². The Hall–Kier alpha value is -3.08. The maximum Gasteiger partial charge on any atom is 0.254 e. The maximum absolute atomic E-state index is 13.1. The third kappa shape index (κ3) is 4.37. The van der Waals surface area contributed by atoms with E-state index in [1.807, 2.05) is 48.2 Å². The first-order valence-electron chi connectivity index (χ1n) is 9.14. The molecule has 2 aromatic rings. The van der Waals surface area contributed by atoms with E-state index in [1.165, 1.54) is 11.6 Å². The summed E-state index contributed by atoms with van der Waals surface area (Å²) < 4.78 is 5.56. The van der Waals surface area contributed by atoms with Gasteiger partial charge < -0.3 is 15.0 Å². The van der Waals surface area contributed by atoms with Crippen molar-refractivity contribution >= 4 is 11.8 Å². The van der Waals surface area contributed by atoms with Gasteiger partial charge in [0.2, 0.25) is 5.91 Å². The molecule has 140 valence electrons. The van der Waals surface area contributed by atoms with Crippen molar-refractivity contribution in [1.82, 2.24) is 10.2 Å². The number of ether oxygens (including phenoxy) is 1. The minimum Gasteiger partial charge on any atom is -0.494 e. The van der Waals surface area contributed by atoms with Crippen molar-refractivity contribution in [2.75, 3.05) is 13.2 Å². The molecule has 1 aliphatic rings. The van der Waals surface area contributed by atoms with E-state index < -0.39 is 0 Å². The van der Waals surface area contributed by atoms with Crippen LogP contribution in [0.15, 0.2) is 55.1 Å². The first kappa shape index (κ1) is 18.7. The summed E-state index contributed by atoms with van der Waals surface area (Å²) in [6.07, 6.45) is 2.03. The number of hydrogen-bond acceptors (Lipinski definition) is 3. The molecule has 0 spiro atoms. The van der Waals surface area contributed by atoms with Gasteiger partial charge in [0.25, 0.3) is 5.91 Å². The molecule has 3 rings (SSSR count). The summed E-state index contributed by atoms with van der Waals surface area (Å²) in [6, 6.07) is 13.4. The molecule has 2 aromatic carbocycles. The van der Waals surface area contributed by atoms with Crippen LogP contribution in [-0.4, -0.2) is 29.9 Å². The molecule has 5 heteroatoms. The predicted molar refractivity (Wildman–Crippen MR) is 105 cm³/mol. The Balaban J connectivity index is 1.75. The van der Waals surface area contributed by atoms with Crippen LogP contribution in [0, 0.1) is 0 Å². The average molecular weight is 364 g/mol. The zero-order chi connectivity index (χ0) is 19.2. The Morgan fingerprint density at radius 3 is 2.81 bits per heavy atom. The topological polar surface area (TPSA) is 58.6 Å². The first-order chi connectivity index (χ1) is 13.1. The normalized spacial score (nSPS) is 12.9. The Labute approximate surface area is 159 Å². The number of carbonyl (C=O) groups excluding carboxylic acids is 2. The quantitative estimate of drug-likeness (QED) is 0.802. The third-order valence-electron chi connectivity index (χ3n) is 4.67. The minimum atomic E-state index is -0.255. The van der Waals surface area contributed by atoms with Gasteiger partial charge in [0.05, 0.1) is 6.61 Å². The lowest BCUT2D eigenvalue weighted by atomic mass is 9.98. The van der Waals surface area contributed by atoms with E-state index in [0.717, 1.165) is 23.3 Å². The van der Waals surface area contributed by atoms with Gasteiger partial charge in [-0.25, -0.2) is 0 Å². The van der Waals surface area contributed by atoms with Gasteiger partial charge in [-0.3, -0.25) is 9.59 Å². The SMILES string of the molecule is C=CC(=O)NCc1ccccc1C(=O)N1CCc2cc(OCC)ccc2C1. The molecular formula is C22H24N2O3. The molecule has 1 N–H and O–H groups in total. The molecule has 27 heavy (non-hydrogen) atoms. The van der Waals surface area contributed by atoms with Crippen LogP contribution in [0.1, 0.15) is 34.0 Å². The van der Waals surface area contributed by atoms with Crippen molar-refractivity contribution in [2.45, 2.75) is 26.4 Å². The number of hydrogen-bond donors (Lipinski definition) is 1. The summed E-state index contributed by atoms with van der Waals surface area (Å²) in [6.45, 7) is 7.59. The van der Waals surface area contributed by atoms with Gasteiger partial charge in [-0.15, -0.1) is 0 Å². The summed E-state index contributed by atoms with van der Waals surface area (Å²) in [5, 5.41) is 2.74. The summed E-state index contributed by atoms with van der Waals surface area (Å²) in [4.78, 5) is 26.4. The highest BCUT2D eigenvalue weighted by Crippen LogP contribution is 2.25. The van der Waals surface area contributed by atoms with Crippen LogP contribution >= 0.6 is 0 Å². The van der Waals surface area contributed by atoms with Gasteiger partial charge in [-0.1, -0.05) is 30.8 Å². The fraction of sp³-hybridized carbons (Fsp3) is 0.273. The predicted octanol–water partition coefficient (Wildman–Crippen LogP) is 3.09. The number of nitrogens with zero attached hydrogens (tertiary/aromatic N) is 1. The molecule has 0 unspecified atom stereocenters. The van der Waals surface area contributed by atoms with Crippen LogP contribution in [0.5, 0.6) is 5.75 Å². The average Bonchev–Trinajstić information content (AvgIpc) is 2.71. The smallest absolute Gasteiger partial charge is 0.254 e. The lowest BCUT2D eigenvalue weighted by Gasteiger charge is -2.30. The van der Waals surface area contributed by atoms with E-state index in [4.69, 9.17) is 4.74 Å². The summed E-state index contributed by atoms with van der Waals surface area (Å²) in [7, 11) is 0. The highest BCUT2D eigenvalue weighted by molar-refractivity contribution is 5.96. The molecule has 1 aliphatic heterocycles. The third-order valence-corrected chi connectivity index (χ3v) is 4.67. The minimum absolute atomic E-state index is 0.0158. The van der Waals surface area contributed by atoms with Crippen LogP contribution in [0.2, 0.25) is 0 Å². The van der Waals surface area contributed by atoms with Gasteiger partial charge in [0, 0.05) is 25.2 Å². The Morgan fingerprint density at radius 2 is 2.04 bits per heavy atom. The number of benzene rings is 2. The summed E-state index contributed by atoms with van der Waals surface area (Å²) in [5.41, 5.74) is 3.80. The van der Waals surface area contributed by atoms with Crippen LogP contribution in [0.25, 0.3) is 0 Å². The molecule has 0 fully saturated rings. The molecule has 0 aromatic heterocycles. The Kier molecular flexibility index (Phi) is 5.91. The second-order valence-corrected chi connectivity index (χ2v) is 6.42. The van der Waals surface area contributed by atoms with Crippen molar-refractivity contribution in [3.8, 4) is 5.75 Å². The Morgan fingerprint density at radius 1 is 1.22 bits per heavy atom. The van der Waals surface area contributed by atoms with Crippen LogP contribution in [-0.2, 0) is 24.3 Å². The molecule has 0 bridgehead atoms. The van der Waals surface area contributed by atoms with Crippen molar-refractivity contribution in [3.05, 3.63) is 77.4 Å². The second kappa shape index (κ2) is 8.54. The van der Waals surface area contributed by atoms with E-state index >= 15 is 0 Å². The zero-order valence-electron chi connectivity index (χ0n) is 15.5. The Bertz CT molecular complexity index is 860. The molecule has 0 radical (unpaired) electrons. The largest absolute Gasteiger partial charge is 0.494 e. The fourth-order valence-corrected chi connectivity index (χ4v) is 3.27. The molecule has 0 saturated heterocycles. The summed E-state index contributed by atoms with van der Waals surface area (Å²) >= 11 is 0. The highest BCUT2D eigenvalue weighted by atomic mass is 16.5. The number of carbonyl (C=O) groups is 2. The first-order valence-corrected chi connectivity index (χ1v) is 9.14. The zero-order valence-corrected chi connectivity index (χ0v) is 15.5. The van der Waals surface area contributed by atoms with Crippen LogP contribution in [0.4, 0.5) is 0 Å². The number of amides is 2. The molecule has 5 nitrogen and oxygen atoms in total. The van der Waals surface area contributed by atoms with Crippen molar-refractivity contribution in [2.24, 2.45) is 0 Å². The number of fused-ring (bicyclic) bond motifs is 1. The molecule has 1 heterocycles. The molecule has 0 aliphatic carbocycles. The van der Waals surface area contributed by atoms with E-state index in [9.17, 15) is 9.59 Å². The van der Waals surface area contributed by atoms with Crippen LogP contribution < -0.4 is 10.1 Å². The molecular weight excluding hydrogens is 340 g/mol. The standard InChI is InChI=1S/C22H24N2O3/c1-3-21(25)23-14-17-7-5-6-8-20(17)22(26)24-12-11-16-13-19(27-4-2)10-9-18(16)15-24/h3,5-10,13H,1,4,11-12,14-15H2,2H3,(H,23,25). The van der Waals surface area contributed by atoms with Gasteiger partial charge in [0.1, 0.15) is 5.75 Å². The lowest BCUT2D eigenvalue weighted by Crippen LogP contribution is -2.36. The summed E-state index contributed by atoms with van der Waals surface area (Å²) in [5.74, 6) is 0.603.